The third kappa shape index (κ3) is 2.69. The molecule has 1 aliphatic heterocycles. The summed E-state index contributed by atoms with van der Waals surface area (Å²) in [6.45, 7) is 3.26. The zero-order valence-electron chi connectivity index (χ0n) is 10.3. The number of rotatable bonds is 1. The zero-order chi connectivity index (χ0) is 13.0. The molecule has 18 heavy (non-hydrogen) atoms. The van der Waals surface area contributed by atoms with Gasteiger partial charge in [-0.2, -0.15) is 5.26 Å². The first-order chi connectivity index (χ1) is 8.70. The van der Waals surface area contributed by atoms with E-state index < -0.39 is 0 Å². The summed E-state index contributed by atoms with van der Waals surface area (Å²) in [4.78, 5) is 13.1. The van der Waals surface area contributed by atoms with Crippen LogP contribution in [0.1, 0.15) is 17.5 Å². The second kappa shape index (κ2) is 5.37. The molecule has 0 unspecified atom stereocenters. The molecule has 4 heteroatoms. The van der Waals surface area contributed by atoms with Gasteiger partial charge in [0.25, 0.3) is 0 Å². The first kappa shape index (κ1) is 12.2. The fourth-order valence-electron chi connectivity index (χ4n) is 2.01. The molecule has 92 valence electrons. The van der Waals surface area contributed by atoms with Gasteiger partial charge in [0.1, 0.15) is 0 Å². The lowest BCUT2D eigenvalue weighted by Gasteiger charge is -2.25. The molecule has 0 aromatic heterocycles. The van der Waals surface area contributed by atoms with Crippen LogP contribution in [0.5, 0.6) is 0 Å². The minimum Gasteiger partial charge on any atom is -0.320 e. The number of hydrogen-bond acceptors (Lipinski definition) is 2. The molecule has 2 amide bonds. The fourth-order valence-corrected chi connectivity index (χ4v) is 2.01. The quantitative estimate of drug-likeness (QED) is 0.605. The molecule has 1 N–H and O–H groups in total. The van der Waals surface area contributed by atoms with E-state index in [9.17, 15) is 4.79 Å². The average molecular weight is 241 g/mol. The maximum absolute atomic E-state index is 11.4. The maximum Gasteiger partial charge on any atom is 0.330 e. The third-order valence-corrected chi connectivity index (χ3v) is 3.08. The number of benzene rings is 1. The van der Waals surface area contributed by atoms with Crippen LogP contribution >= 0.6 is 0 Å². The molecule has 1 aromatic carbocycles. The van der Waals surface area contributed by atoms with Crippen molar-refractivity contribution in [3.05, 3.63) is 41.5 Å². The van der Waals surface area contributed by atoms with Crippen molar-refractivity contribution >= 4 is 11.6 Å². The van der Waals surface area contributed by atoms with Crippen LogP contribution in [0, 0.1) is 18.4 Å². The number of carbonyl (C=O) groups excluding carboxylic acids is 1. The summed E-state index contributed by atoms with van der Waals surface area (Å²) in [7, 11) is 0. The second-order valence-corrected chi connectivity index (χ2v) is 4.33. The van der Waals surface area contributed by atoms with Crippen molar-refractivity contribution in [1.82, 2.24) is 10.2 Å². The lowest BCUT2D eigenvalue weighted by molar-refractivity contribution is 0.207. The Morgan fingerprint density at radius 2 is 2.11 bits per heavy atom. The Bertz CT molecular complexity index is 511. The predicted octanol–water partition coefficient (Wildman–Crippen LogP) is 2.27. The molecule has 0 saturated heterocycles. The summed E-state index contributed by atoms with van der Waals surface area (Å²) in [5.74, 6) is 0. The van der Waals surface area contributed by atoms with Crippen molar-refractivity contribution in [2.75, 3.05) is 13.1 Å². The van der Waals surface area contributed by atoms with Gasteiger partial charge in [0, 0.05) is 13.1 Å². The summed E-state index contributed by atoms with van der Waals surface area (Å²) >= 11 is 0. The number of hydrogen-bond donors (Lipinski definition) is 1. The highest BCUT2D eigenvalue weighted by atomic mass is 16.2. The number of nitrogens with zero attached hydrogens (tertiary/aromatic N) is 2. The minimum atomic E-state index is -0.322. The molecule has 0 aliphatic carbocycles. The molecule has 0 atom stereocenters. The smallest absolute Gasteiger partial charge is 0.320 e. The van der Waals surface area contributed by atoms with E-state index in [1.165, 1.54) is 16.7 Å². The number of nitrogens with one attached hydrogen (secondary N) is 1. The van der Waals surface area contributed by atoms with Gasteiger partial charge in [-0.25, -0.2) is 10.1 Å². The van der Waals surface area contributed by atoms with Crippen molar-refractivity contribution < 1.29 is 4.79 Å². The molecule has 0 saturated carbocycles. The van der Waals surface area contributed by atoms with Gasteiger partial charge in [0.05, 0.1) is 0 Å². The molecule has 0 spiro atoms. The van der Waals surface area contributed by atoms with Crippen molar-refractivity contribution in [1.29, 1.82) is 5.26 Å². The molecule has 1 heterocycles. The third-order valence-electron chi connectivity index (χ3n) is 3.08. The van der Waals surface area contributed by atoms with Crippen LogP contribution < -0.4 is 5.32 Å². The van der Waals surface area contributed by atoms with E-state index in [0.717, 1.165) is 6.42 Å². The lowest BCUT2D eigenvalue weighted by atomic mass is 9.99. The Kier molecular flexibility index (Phi) is 3.63. The highest BCUT2D eigenvalue weighted by Crippen LogP contribution is 2.22. The normalized spacial score (nSPS) is 14.7. The average Bonchev–Trinajstić information content (AvgIpc) is 2.40. The van der Waals surface area contributed by atoms with E-state index in [2.05, 4.69) is 36.5 Å². The summed E-state index contributed by atoms with van der Waals surface area (Å²) in [5, 5.41) is 10.5. The molecule has 0 bridgehead atoms. The largest absolute Gasteiger partial charge is 0.330 e. The Labute approximate surface area is 107 Å². The van der Waals surface area contributed by atoms with Crippen LogP contribution in [-0.4, -0.2) is 24.0 Å². The Morgan fingerprint density at radius 3 is 2.67 bits per heavy atom. The molecule has 2 rings (SSSR count). The summed E-state index contributed by atoms with van der Waals surface area (Å²) < 4.78 is 0. The molecule has 4 nitrogen and oxygen atoms in total. The van der Waals surface area contributed by atoms with E-state index >= 15 is 0 Å². The molecule has 0 fully saturated rings. The number of amides is 2. The summed E-state index contributed by atoms with van der Waals surface area (Å²) in [6.07, 6.45) is 4.52. The van der Waals surface area contributed by atoms with Crippen molar-refractivity contribution in [3.63, 3.8) is 0 Å². The van der Waals surface area contributed by atoms with Crippen LogP contribution in [0.15, 0.2) is 30.3 Å². The van der Waals surface area contributed by atoms with Crippen molar-refractivity contribution in [3.8, 4) is 6.19 Å². The number of carbonyl (C=O) groups is 1. The second-order valence-electron chi connectivity index (χ2n) is 4.33. The predicted molar refractivity (Wildman–Crippen MR) is 69.5 cm³/mol. The lowest BCUT2D eigenvalue weighted by Crippen LogP contribution is -2.40. The highest BCUT2D eigenvalue weighted by Gasteiger charge is 2.17. The molecular formula is C14H15N3O. The molecule has 1 aliphatic rings. The van der Waals surface area contributed by atoms with Gasteiger partial charge in [0.15, 0.2) is 6.19 Å². The standard InChI is InChI=1S/C14H15N3O/c1-11-2-4-12(5-3-11)13-6-8-17(9-7-13)14(18)16-10-15/h2-6H,7-9H2,1H3,(H,16,18). The fraction of sp³-hybridized carbons (Fsp3) is 0.286. The van der Waals surface area contributed by atoms with E-state index in [4.69, 9.17) is 5.26 Å². The van der Waals surface area contributed by atoms with Crippen LogP contribution in [-0.2, 0) is 0 Å². The first-order valence-electron chi connectivity index (χ1n) is 5.91. The van der Waals surface area contributed by atoms with Gasteiger partial charge in [-0.05, 0) is 24.5 Å². The van der Waals surface area contributed by atoms with E-state index in [0.29, 0.717) is 13.1 Å². The van der Waals surface area contributed by atoms with Gasteiger partial charge in [-0.1, -0.05) is 35.9 Å². The Hall–Kier alpha value is -2.28. The Balaban J connectivity index is 2.05. The first-order valence-corrected chi connectivity index (χ1v) is 5.91. The van der Waals surface area contributed by atoms with Gasteiger partial charge < -0.3 is 4.90 Å². The van der Waals surface area contributed by atoms with Crippen LogP contribution in [0.4, 0.5) is 4.79 Å². The van der Waals surface area contributed by atoms with Crippen LogP contribution in [0.2, 0.25) is 0 Å². The topological polar surface area (TPSA) is 56.1 Å². The van der Waals surface area contributed by atoms with E-state index in [-0.39, 0.29) is 6.03 Å². The number of urea groups is 1. The minimum absolute atomic E-state index is 0.322. The monoisotopic (exact) mass is 241 g/mol. The van der Waals surface area contributed by atoms with Gasteiger partial charge in [-0.15, -0.1) is 0 Å². The molecule has 1 aromatic rings. The van der Waals surface area contributed by atoms with Gasteiger partial charge in [-0.3, -0.25) is 0 Å². The summed E-state index contributed by atoms with van der Waals surface area (Å²) in [6, 6.07) is 8.06. The van der Waals surface area contributed by atoms with Crippen LogP contribution in [0.25, 0.3) is 5.57 Å². The van der Waals surface area contributed by atoms with E-state index in [1.54, 1.807) is 11.1 Å². The number of nitriles is 1. The molecular weight excluding hydrogens is 226 g/mol. The summed E-state index contributed by atoms with van der Waals surface area (Å²) in [5.41, 5.74) is 3.71. The van der Waals surface area contributed by atoms with E-state index in [1.807, 2.05) is 6.08 Å². The Morgan fingerprint density at radius 1 is 1.39 bits per heavy atom. The molecule has 0 radical (unpaired) electrons. The van der Waals surface area contributed by atoms with Gasteiger partial charge in [0.2, 0.25) is 0 Å². The highest BCUT2D eigenvalue weighted by molar-refractivity contribution is 5.77. The van der Waals surface area contributed by atoms with Crippen LogP contribution in [0.3, 0.4) is 0 Å². The zero-order valence-corrected chi connectivity index (χ0v) is 10.3. The number of aryl methyl sites for hydroxylation is 1. The van der Waals surface area contributed by atoms with Crippen molar-refractivity contribution in [2.24, 2.45) is 0 Å². The van der Waals surface area contributed by atoms with Crippen molar-refractivity contribution in [2.45, 2.75) is 13.3 Å². The SMILES string of the molecule is Cc1ccc(C2=CCN(C(=O)NC#N)CC2)cc1. The maximum atomic E-state index is 11.4. The van der Waals surface area contributed by atoms with Gasteiger partial charge >= 0.3 is 6.03 Å².